The van der Waals surface area contributed by atoms with E-state index in [4.69, 9.17) is 4.74 Å². The lowest BCUT2D eigenvalue weighted by molar-refractivity contribution is -0.00296. The van der Waals surface area contributed by atoms with Crippen LogP contribution in [-0.2, 0) is 4.74 Å². The summed E-state index contributed by atoms with van der Waals surface area (Å²) in [6.07, 6.45) is 2.42. The first-order valence-electron chi connectivity index (χ1n) is 9.39. The van der Waals surface area contributed by atoms with E-state index in [1.54, 1.807) is 12.1 Å². The minimum Gasteiger partial charge on any atom is -0.458 e. The van der Waals surface area contributed by atoms with Crippen LogP contribution in [0, 0.1) is 29.1 Å². The Bertz CT molecular complexity index is 703. The summed E-state index contributed by atoms with van der Waals surface area (Å²) < 4.78 is 5.97. The molecule has 1 aromatic carbocycles. The Morgan fingerprint density at radius 3 is 2.52 bits per heavy atom. The van der Waals surface area contributed by atoms with E-state index in [2.05, 4.69) is 20.4 Å². The molecule has 0 radical (unpaired) electrons. The van der Waals surface area contributed by atoms with E-state index in [0.29, 0.717) is 23.3 Å². The fourth-order valence-corrected chi connectivity index (χ4v) is 5.87. The summed E-state index contributed by atoms with van der Waals surface area (Å²) in [5.74, 6) is 1.03. The minimum absolute atomic E-state index is 0.0968. The third kappa shape index (κ3) is 2.55. The molecule has 0 spiro atoms. The summed E-state index contributed by atoms with van der Waals surface area (Å²) >= 11 is 0. The van der Waals surface area contributed by atoms with Gasteiger partial charge in [-0.15, -0.1) is 0 Å². The number of hydrogen-bond donors (Lipinski definition) is 1. The van der Waals surface area contributed by atoms with Gasteiger partial charge in [-0.2, -0.15) is 0 Å². The van der Waals surface area contributed by atoms with Crippen molar-refractivity contribution in [2.45, 2.75) is 51.7 Å². The Hall–Kier alpha value is -1.61. The standard InChI is InChI=1S/C22H28O3/c1-13-12-16(25-20(23)14-8-6-5-7-9-14)18-19(21(18,2)3)17-15(13)10-11-22(17,4)24/h5-9,15-19,24H,1,10-12H2,2-4H3/t15-,16-,17+,18+,19-,22-/m0/s1. The Labute approximate surface area is 150 Å². The van der Waals surface area contributed by atoms with Gasteiger partial charge in [-0.1, -0.05) is 44.2 Å². The minimum atomic E-state index is -0.636. The molecule has 134 valence electrons. The van der Waals surface area contributed by atoms with Crippen LogP contribution in [0.1, 0.15) is 50.4 Å². The Morgan fingerprint density at radius 1 is 1.16 bits per heavy atom. The van der Waals surface area contributed by atoms with Crippen LogP contribution in [0.5, 0.6) is 0 Å². The molecule has 3 aliphatic carbocycles. The third-order valence-electron chi connectivity index (χ3n) is 7.15. The number of benzene rings is 1. The van der Waals surface area contributed by atoms with Crippen molar-refractivity contribution in [2.24, 2.45) is 29.1 Å². The fourth-order valence-electron chi connectivity index (χ4n) is 5.87. The Kier molecular flexibility index (Phi) is 3.66. The highest BCUT2D eigenvalue weighted by Gasteiger charge is 2.70. The van der Waals surface area contributed by atoms with E-state index in [9.17, 15) is 9.90 Å². The molecule has 1 aromatic rings. The second-order valence-corrected chi connectivity index (χ2v) is 9.07. The first kappa shape index (κ1) is 16.8. The molecule has 1 N–H and O–H groups in total. The number of aliphatic hydroxyl groups is 1. The summed E-state index contributed by atoms with van der Waals surface area (Å²) in [5.41, 5.74) is 1.21. The van der Waals surface area contributed by atoms with Crippen molar-refractivity contribution >= 4 is 5.97 Å². The number of rotatable bonds is 2. The summed E-state index contributed by atoms with van der Waals surface area (Å²) in [4.78, 5) is 12.6. The van der Waals surface area contributed by atoms with Crippen molar-refractivity contribution in [3.8, 4) is 0 Å². The fraction of sp³-hybridized carbons (Fsp3) is 0.591. The smallest absolute Gasteiger partial charge is 0.338 e. The van der Waals surface area contributed by atoms with Crippen LogP contribution in [0.15, 0.2) is 42.5 Å². The number of hydrogen-bond acceptors (Lipinski definition) is 3. The molecule has 0 saturated heterocycles. The Morgan fingerprint density at radius 2 is 1.84 bits per heavy atom. The highest BCUT2D eigenvalue weighted by atomic mass is 16.5. The molecular formula is C22H28O3. The molecule has 3 aliphatic rings. The summed E-state index contributed by atoms with van der Waals surface area (Å²) in [6, 6.07) is 9.20. The van der Waals surface area contributed by atoms with E-state index < -0.39 is 5.60 Å². The predicted molar refractivity (Wildman–Crippen MR) is 97.0 cm³/mol. The lowest BCUT2D eigenvalue weighted by Crippen LogP contribution is -2.34. The van der Waals surface area contributed by atoms with E-state index in [1.807, 2.05) is 25.1 Å². The van der Waals surface area contributed by atoms with Crippen molar-refractivity contribution < 1.29 is 14.6 Å². The van der Waals surface area contributed by atoms with Gasteiger partial charge in [0.05, 0.1) is 11.2 Å². The molecule has 0 bridgehead atoms. The van der Waals surface area contributed by atoms with Crippen molar-refractivity contribution in [2.75, 3.05) is 0 Å². The number of carbonyl (C=O) groups excluding carboxylic acids is 1. The molecule has 0 heterocycles. The van der Waals surface area contributed by atoms with Gasteiger partial charge in [-0.25, -0.2) is 4.79 Å². The molecule has 0 unspecified atom stereocenters. The van der Waals surface area contributed by atoms with Gasteiger partial charge < -0.3 is 9.84 Å². The second-order valence-electron chi connectivity index (χ2n) is 9.07. The quantitative estimate of drug-likeness (QED) is 0.648. The van der Waals surface area contributed by atoms with Gasteiger partial charge in [0.25, 0.3) is 0 Å². The van der Waals surface area contributed by atoms with Crippen LogP contribution in [0.25, 0.3) is 0 Å². The maximum Gasteiger partial charge on any atom is 0.338 e. The van der Waals surface area contributed by atoms with E-state index >= 15 is 0 Å². The number of esters is 1. The highest BCUT2D eigenvalue weighted by molar-refractivity contribution is 5.89. The predicted octanol–water partition coefficient (Wildman–Crippen LogP) is 4.22. The van der Waals surface area contributed by atoms with E-state index in [0.717, 1.165) is 24.8 Å². The van der Waals surface area contributed by atoms with E-state index in [-0.39, 0.29) is 23.4 Å². The average molecular weight is 340 g/mol. The van der Waals surface area contributed by atoms with Gasteiger partial charge in [0.15, 0.2) is 0 Å². The van der Waals surface area contributed by atoms with Crippen molar-refractivity contribution in [3.05, 3.63) is 48.0 Å². The summed E-state index contributed by atoms with van der Waals surface area (Å²) in [7, 11) is 0. The molecule has 0 aromatic heterocycles. The molecule has 25 heavy (non-hydrogen) atoms. The highest BCUT2D eigenvalue weighted by Crippen LogP contribution is 2.71. The zero-order valence-corrected chi connectivity index (χ0v) is 15.4. The zero-order chi connectivity index (χ0) is 18.0. The maximum absolute atomic E-state index is 12.6. The van der Waals surface area contributed by atoms with Crippen LogP contribution in [0.2, 0.25) is 0 Å². The molecule has 3 heteroatoms. The zero-order valence-electron chi connectivity index (χ0n) is 15.4. The van der Waals surface area contributed by atoms with Crippen molar-refractivity contribution in [3.63, 3.8) is 0 Å². The van der Waals surface area contributed by atoms with Crippen LogP contribution < -0.4 is 0 Å². The first-order valence-corrected chi connectivity index (χ1v) is 9.39. The average Bonchev–Trinajstić information content (AvgIpc) is 3.01. The van der Waals surface area contributed by atoms with Gasteiger partial charge in [-0.3, -0.25) is 0 Å². The molecule has 6 atom stereocenters. The lowest BCUT2D eigenvalue weighted by atomic mass is 9.77. The van der Waals surface area contributed by atoms with Gasteiger partial charge in [0.2, 0.25) is 0 Å². The molecule has 3 saturated carbocycles. The van der Waals surface area contributed by atoms with Crippen molar-refractivity contribution in [1.29, 1.82) is 0 Å². The number of carbonyl (C=O) groups is 1. The summed E-state index contributed by atoms with van der Waals surface area (Å²) in [5, 5.41) is 11.0. The third-order valence-corrected chi connectivity index (χ3v) is 7.15. The molecule has 3 nitrogen and oxygen atoms in total. The number of ether oxygens (including phenoxy) is 1. The molecular weight excluding hydrogens is 312 g/mol. The van der Waals surface area contributed by atoms with Crippen LogP contribution in [-0.4, -0.2) is 22.8 Å². The second kappa shape index (κ2) is 5.44. The molecule has 0 aliphatic heterocycles. The van der Waals surface area contributed by atoms with Crippen LogP contribution >= 0.6 is 0 Å². The topological polar surface area (TPSA) is 46.5 Å². The van der Waals surface area contributed by atoms with Gasteiger partial charge in [-0.05, 0) is 55.1 Å². The molecule has 4 rings (SSSR count). The largest absolute Gasteiger partial charge is 0.458 e. The van der Waals surface area contributed by atoms with Gasteiger partial charge >= 0.3 is 5.97 Å². The molecule has 3 fully saturated rings. The first-order chi connectivity index (χ1) is 11.7. The molecule has 0 amide bonds. The summed E-state index contributed by atoms with van der Waals surface area (Å²) in [6.45, 7) is 10.8. The lowest BCUT2D eigenvalue weighted by Gasteiger charge is -2.31. The Balaban J connectivity index is 1.61. The monoisotopic (exact) mass is 340 g/mol. The van der Waals surface area contributed by atoms with Crippen LogP contribution in [0.3, 0.4) is 0 Å². The number of fused-ring (bicyclic) bond motifs is 3. The maximum atomic E-state index is 12.6. The van der Waals surface area contributed by atoms with Gasteiger partial charge in [0, 0.05) is 12.3 Å². The van der Waals surface area contributed by atoms with Crippen molar-refractivity contribution in [1.82, 2.24) is 0 Å². The van der Waals surface area contributed by atoms with Crippen LogP contribution in [0.4, 0.5) is 0 Å². The van der Waals surface area contributed by atoms with Gasteiger partial charge in [0.1, 0.15) is 6.10 Å². The normalized spacial score (nSPS) is 41.4. The van der Waals surface area contributed by atoms with E-state index in [1.165, 1.54) is 0 Å². The SMILES string of the molecule is C=C1C[C@H](OC(=O)c2ccccc2)[C@@H]2[C@H]([C@H]3[C@H]1CC[C@]3(C)O)C2(C)C.